The molecule has 0 atom stereocenters. The third kappa shape index (κ3) is 4.00. The minimum Gasteiger partial charge on any atom is -0.456 e. The van der Waals surface area contributed by atoms with Crippen molar-refractivity contribution in [3.8, 4) is 0 Å². The number of carbonyl (C=O) groups excluding carboxylic acids is 2. The second-order valence-electron chi connectivity index (χ2n) is 5.71. The molecule has 0 bridgehead atoms. The lowest BCUT2D eigenvalue weighted by molar-refractivity contribution is -0.115. The van der Waals surface area contributed by atoms with Crippen LogP contribution in [0.3, 0.4) is 0 Å². The zero-order valence-corrected chi connectivity index (χ0v) is 16.3. The summed E-state index contributed by atoms with van der Waals surface area (Å²) in [7, 11) is 0. The average Bonchev–Trinajstić information content (AvgIpc) is 3.20. The van der Waals surface area contributed by atoms with Crippen LogP contribution in [-0.4, -0.2) is 16.9 Å². The van der Waals surface area contributed by atoms with Crippen LogP contribution in [0.4, 0.5) is 10.8 Å². The number of hydrogen-bond donors (Lipinski definition) is 0. The number of hydrogen-bond acceptors (Lipinski definition) is 6. The van der Waals surface area contributed by atoms with Gasteiger partial charge in [-0.3, -0.25) is 9.69 Å². The number of amides is 1. The molecule has 2 aromatic heterocycles. The summed E-state index contributed by atoms with van der Waals surface area (Å²) in [5.74, 6) is -0.480. The molecular weight excluding hydrogens is 368 g/mol. The topological polar surface area (TPSA) is 59.5 Å². The van der Waals surface area contributed by atoms with Gasteiger partial charge in [-0.05, 0) is 32.0 Å². The Hall–Kier alpha value is -2.51. The number of aromatic nitrogens is 1. The van der Waals surface area contributed by atoms with E-state index < -0.39 is 0 Å². The Labute approximate surface area is 159 Å². The van der Waals surface area contributed by atoms with Gasteiger partial charge in [0.05, 0.1) is 16.9 Å². The maximum atomic E-state index is 12.2. The lowest BCUT2D eigenvalue weighted by Crippen LogP contribution is -2.22. The van der Waals surface area contributed by atoms with Crippen LogP contribution in [0.5, 0.6) is 0 Å². The van der Waals surface area contributed by atoms with Crippen LogP contribution in [0.2, 0.25) is 0 Å². The van der Waals surface area contributed by atoms with Crippen molar-refractivity contribution in [2.24, 2.45) is 0 Å². The number of thiophene rings is 1. The van der Waals surface area contributed by atoms with Crippen LogP contribution in [0.15, 0.2) is 41.8 Å². The molecule has 0 unspecified atom stereocenters. The van der Waals surface area contributed by atoms with Crippen molar-refractivity contribution in [1.29, 1.82) is 0 Å². The van der Waals surface area contributed by atoms with E-state index in [0.29, 0.717) is 16.4 Å². The molecule has 0 N–H and O–H groups in total. The van der Waals surface area contributed by atoms with E-state index in [1.807, 2.05) is 50.2 Å². The highest BCUT2D eigenvalue weighted by atomic mass is 32.1. The number of thiazole rings is 1. The molecule has 5 nitrogen and oxygen atoms in total. The van der Waals surface area contributed by atoms with Crippen molar-refractivity contribution in [2.45, 2.75) is 27.4 Å². The molecule has 1 amide bonds. The number of esters is 1. The van der Waals surface area contributed by atoms with E-state index in [1.165, 1.54) is 18.3 Å². The minimum atomic E-state index is -0.354. The molecule has 0 radical (unpaired) electrons. The van der Waals surface area contributed by atoms with E-state index >= 15 is 0 Å². The maximum Gasteiger partial charge on any atom is 0.339 e. The average molecular weight is 386 g/mol. The number of para-hydroxylation sites is 1. The largest absolute Gasteiger partial charge is 0.456 e. The molecule has 1 aromatic carbocycles. The molecule has 0 spiro atoms. The molecular formula is C19H18N2O3S2. The van der Waals surface area contributed by atoms with E-state index in [0.717, 1.165) is 15.4 Å². The Balaban J connectivity index is 1.72. The van der Waals surface area contributed by atoms with Crippen LogP contribution in [0, 0.1) is 13.8 Å². The number of carbonyl (C=O) groups is 2. The third-order valence-corrected chi connectivity index (χ3v) is 5.51. The molecule has 26 heavy (non-hydrogen) atoms. The van der Waals surface area contributed by atoms with Gasteiger partial charge in [-0.1, -0.05) is 18.2 Å². The number of nitrogens with zero attached hydrogens (tertiary/aromatic N) is 2. The quantitative estimate of drug-likeness (QED) is 0.587. The van der Waals surface area contributed by atoms with Gasteiger partial charge in [-0.25, -0.2) is 9.78 Å². The fourth-order valence-corrected chi connectivity index (χ4v) is 4.30. The second kappa shape index (κ2) is 7.80. The van der Waals surface area contributed by atoms with Crippen molar-refractivity contribution in [3.05, 3.63) is 62.8 Å². The Morgan fingerprint density at radius 3 is 2.54 bits per heavy atom. The van der Waals surface area contributed by atoms with Crippen LogP contribution in [0.25, 0.3) is 0 Å². The molecule has 0 aliphatic heterocycles. The van der Waals surface area contributed by atoms with E-state index in [9.17, 15) is 9.59 Å². The summed E-state index contributed by atoms with van der Waals surface area (Å²) < 4.78 is 5.38. The predicted octanol–water partition coefficient (Wildman–Crippen LogP) is 4.86. The summed E-state index contributed by atoms with van der Waals surface area (Å²) >= 11 is 2.91. The van der Waals surface area contributed by atoms with E-state index in [4.69, 9.17) is 4.74 Å². The highest BCUT2D eigenvalue weighted by Crippen LogP contribution is 2.29. The molecule has 134 valence electrons. The Bertz CT molecular complexity index is 931. The van der Waals surface area contributed by atoms with Crippen molar-refractivity contribution in [1.82, 2.24) is 4.98 Å². The molecule has 2 heterocycles. The summed E-state index contributed by atoms with van der Waals surface area (Å²) in [6.45, 7) is 5.43. The monoisotopic (exact) mass is 386 g/mol. The number of anilines is 2. The predicted molar refractivity (Wildman–Crippen MR) is 104 cm³/mol. The van der Waals surface area contributed by atoms with Crippen molar-refractivity contribution in [2.75, 3.05) is 4.90 Å². The van der Waals surface area contributed by atoms with E-state index in [2.05, 4.69) is 4.98 Å². The Morgan fingerprint density at radius 1 is 1.19 bits per heavy atom. The summed E-state index contributed by atoms with van der Waals surface area (Å²) in [6.07, 6.45) is 0. The van der Waals surface area contributed by atoms with E-state index in [-0.39, 0.29) is 18.5 Å². The molecule has 0 fully saturated rings. The van der Waals surface area contributed by atoms with Gasteiger partial charge in [0.25, 0.3) is 0 Å². The van der Waals surface area contributed by atoms with Gasteiger partial charge in [-0.2, -0.15) is 0 Å². The fraction of sp³-hybridized carbons (Fsp3) is 0.211. The van der Waals surface area contributed by atoms with Gasteiger partial charge in [-0.15, -0.1) is 22.7 Å². The summed E-state index contributed by atoms with van der Waals surface area (Å²) in [5, 5.41) is 2.35. The number of aryl methyl sites for hydroxylation is 2. The molecule has 0 aliphatic carbocycles. The lowest BCUT2D eigenvalue weighted by atomic mass is 10.2. The van der Waals surface area contributed by atoms with Gasteiger partial charge in [0.2, 0.25) is 5.91 Å². The summed E-state index contributed by atoms with van der Waals surface area (Å²) in [6, 6.07) is 11.2. The van der Waals surface area contributed by atoms with Crippen molar-refractivity contribution < 1.29 is 14.3 Å². The van der Waals surface area contributed by atoms with Crippen LogP contribution >= 0.6 is 22.7 Å². The summed E-state index contributed by atoms with van der Waals surface area (Å²) in [4.78, 5) is 32.3. The number of benzene rings is 1. The molecule has 3 rings (SSSR count). The fourth-order valence-electron chi connectivity index (χ4n) is 2.52. The second-order valence-corrected chi connectivity index (χ2v) is 8.01. The van der Waals surface area contributed by atoms with Crippen molar-refractivity contribution in [3.63, 3.8) is 0 Å². The molecule has 7 heteroatoms. The molecule has 0 saturated carbocycles. The molecule has 0 aliphatic rings. The highest BCUT2D eigenvalue weighted by Gasteiger charge is 2.19. The minimum absolute atomic E-state index is 0.0736. The third-order valence-electron chi connectivity index (χ3n) is 3.67. The maximum absolute atomic E-state index is 12.2. The smallest absolute Gasteiger partial charge is 0.339 e. The Morgan fingerprint density at radius 2 is 1.92 bits per heavy atom. The first-order valence-corrected chi connectivity index (χ1v) is 9.69. The van der Waals surface area contributed by atoms with Crippen molar-refractivity contribution >= 4 is 45.4 Å². The SMILES string of the molecule is CC(=O)N(c1ccccc1)c1nc(COC(=O)c2cc(C)sc2C)cs1. The highest BCUT2D eigenvalue weighted by molar-refractivity contribution is 7.14. The van der Waals surface area contributed by atoms with Gasteiger partial charge in [0.1, 0.15) is 6.61 Å². The van der Waals surface area contributed by atoms with Crippen LogP contribution in [-0.2, 0) is 16.1 Å². The number of rotatable bonds is 5. The first kappa shape index (κ1) is 18.3. The van der Waals surface area contributed by atoms with E-state index in [1.54, 1.807) is 21.6 Å². The zero-order chi connectivity index (χ0) is 18.7. The first-order chi connectivity index (χ1) is 12.5. The van der Waals surface area contributed by atoms with Gasteiger partial charge in [0, 0.05) is 22.1 Å². The zero-order valence-electron chi connectivity index (χ0n) is 14.7. The van der Waals surface area contributed by atoms with Gasteiger partial charge < -0.3 is 4.74 Å². The number of ether oxygens (including phenoxy) is 1. The van der Waals surface area contributed by atoms with Crippen LogP contribution in [0.1, 0.15) is 32.7 Å². The Kier molecular flexibility index (Phi) is 5.49. The van der Waals surface area contributed by atoms with Gasteiger partial charge >= 0.3 is 5.97 Å². The van der Waals surface area contributed by atoms with Gasteiger partial charge in [0.15, 0.2) is 5.13 Å². The van der Waals surface area contributed by atoms with Crippen LogP contribution < -0.4 is 4.90 Å². The summed E-state index contributed by atoms with van der Waals surface area (Å²) in [5.41, 5.74) is 1.96. The standard InChI is InChI=1S/C19H18N2O3S2/c1-12-9-17(13(2)26-12)18(23)24-10-15-11-25-19(20-15)21(14(3)22)16-7-5-4-6-8-16/h4-9,11H,10H2,1-3H3. The normalized spacial score (nSPS) is 10.6. The first-order valence-electron chi connectivity index (χ1n) is 8.00. The molecule has 3 aromatic rings. The molecule has 0 saturated heterocycles. The lowest BCUT2D eigenvalue weighted by Gasteiger charge is -2.17.